The molecule has 1 unspecified atom stereocenters. The Labute approximate surface area is 92.1 Å². The van der Waals surface area contributed by atoms with Gasteiger partial charge in [0.1, 0.15) is 5.54 Å². The van der Waals surface area contributed by atoms with Gasteiger partial charge in [-0.3, -0.25) is 4.98 Å². The van der Waals surface area contributed by atoms with Crippen LogP contribution >= 0.6 is 11.6 Å². The molecule has 0 aromatic carbocycles. The quantitative estimate of drug-likeness (QED) is 0.757. The molecular formula is C10H11ClN2O2. The normalized spacial score (nSPS) is 24.7. The van der Waals surface area contributed by atoms with Crippen molar-refractivity contribution in [2.45, 2.75) is 24.8 Å². The molecule has 1 heterocycles. The molecule has 0 bridgehead atoms. The van der Waals surface area contributed by atoms with Crippen LogP contribution in [0.25, 0.3) is 0 Å². The zero-order chi connectivity index (χ0) is 11.1. The summed E-state index contributed by atoms with van der Waals surface area (Å²) in [6, 6.07) is 1.61. The molecular weight excluding hydrogens is 216 g/mol. The topological polar surface area (TPSA) is 76.2 Å². The highest BCUT2D eigenvalue weighted by Gasteiger charge is 2.40. The molecule has 1 aromatic rings. The molecule has 0 saturated heterocycles. The molecule has 2 rings (SSSR count). The number of aliphatic carboxylic acids is 1. The number of rotatable bonds is 1. The monoisotopic (exact) mass is 226 g/mol. The molecule has 5 heteroatoms. The van der Waals surface area contributed by atoms with Gasteiger partial charge in [0.05, 0.1) is 5.02 Å². The Balaban J connectivity index is 2.59. The Morgan fingerprint density at radius 2 is 2.40 bits per heavy atom. The number of carbonyl (C=O) groups is 1. The van der Waals surface area contributed by atoms with E-state index in [-0.39, 0.29) is 0 Å². The SMILES string of the molecule is NC1(C(=O)O)CCCc2ncc(Cl)cc21. The molecule has 0 spiro atoms. The summed E-state index contributed by atoms with van der Waals surface area (Å²) in [5.74, 6) is -1.02. The molecule has 4 nitrogen and oxygen atoms in total. The van der Waals surface area contributed by atoms with Crippen molar-refractivity contribution in [1.29, 1.82) is 0 Å². The number of pyridine rings is 1. The standard InChI is InChI=1S/C10H11ClN2O2/c11-6-4-7-8(13-5-6)2-1-3-10(7,12)9(14)15/h4-5H,1-3,12H2,(H,14,15). The van der Waals surface area contributed by atoms with Crippen molar-refractivity contribution < 1.29 is 9.90 Å². The first-order valence-corrected chi connectivity index (χ1v) is 5.09. The van der Waals surface area contributed by atoms with Crippen LogP contribution in [0.1, 0.15) is 24.1 Å². The molecule has 0 radical (unpaired) electrons. The highest BCUT2D eigenvalue weighted by molar-refractivity contribution is 6.30. The fourth-order valence-electron chi connectivity index (χ4n) is 1.94. The summed E-state index contributed by atoms with van der Waals surface area (Å²) < 4.78 is 0. The van der Waals surface area contributed by atoms with Gasteiger partial charge in [0.15, 0.2) is 0 Å². The number of aromatic nitrogens is 1. The van der Waals surface area contributed by atoms with Gasteiger partial charge in [0.2, 0.25) is 0 Å². The van der Waals surface area contributed by atoms with E-state index >= 15 is 0 Å². The molecule has 80 valence electrons. The van der Waals surface area contributed by atoms with Crippen molar-refractivity contribution in [2.75, 3.05) is 0 Å². The molecule has 1 atom stereocenters. The number of carboxylic acid groups (broad SMARTS) is 1. The number of aryl methyl sites for hydroxylation is 1. The maximum absolute atomic E-state index is 11.2. The summed E-state index contributed by atoms with van der Waals surface area (Å²) >= 11 is 5.80. The third-order valence-corrected chi connectivity index (χ3v) is 2.99. The van der Waals surface area contributed by atoms with Crippen LogP contribution in [0, 0.1) is 0 Å². The van der Waals surface area contributed by atoms with Crippen molar-refractivity contribution in [3.05, 3.63) is 28.5 Å². The Morgan fingerprint density at radius 3 is 3.07 bits per heavy atom. The lowest BCUT2D eigenvalue weighted by atomic mass is 9.79. The molecule has 3 N–H and O–H groups in total. The van der Waals surface area contributed by atoms with E-state index in [1.165, 1.54) is 6.20 Å². The lowest BCUT2D eigenvalue weighted by Gasteiger charge is -2.31. The number of hydrogen-bond acceptors (Lipinski definition) is 3. The smallest absolute Gasteiger partial charge is 0.328 e. The van der Waals surface area contributed by atoms with E-state index in [2.05, 4.69) is 4.98 Å². The average Bonchev–Trinajstić information content (AvgIpc) is 2.19. The molecule has 0 amide bonds. The van der Waals surface area contributed by atoms with Gasteiger partial charge in [0, 0.05) is 17.5 Å². The van der Waals surface area contributed by atoms with Crippen molar-refractivity contribution in [2.24, 2.45) is 5.73 Å². The fraction of sp³-hybridized carbons (Fsp3) is 0.400. The van der Waals surface area contributed by atoms with Crippen LogP contribution in [-0.2, 0) is 16.8 Å². The van der Waals surface area contributed by atoms with Crippen LogP contribution in [0.5, 0.6) is 0 Å². The number of halogens is 1. The third-order valence-electron chi connectivity index (χ3n) is 2.78. The van der Waals surface area contributed by atoms with E-state index in [1.807, 2.05) is 0 Å². The van der Waals surface area contributed by atoms with Crippen LogP contribution in [0.4, 0.5) is 0 Å². The summed E-state index contributed by atoms with van der Waals surface area (Å²) in [4.78, 5) is 15.3. The fourth-order valence-corrected chi connectivity index (χ4v) is 2.10. The van der Waals surface area contributed by atoms with E-state index in [0.29, 0.717) is 17.0 Å². The molecule has 1 aliphatic carbocycles. The maximum Gasteiger partial charge on any atom is 0.328 e. The molecule has 1 aliphatic rings. The van der Waals surface area contributed by atoms with Gasteiger partial charge < -0.3 is 10.8 Å². The van der Waals surface area contributed by atoms with Crippen LogP contribution in [-0.4, -0.2) is 16.1 Å². The number of fused-ring (bicyclic) bond motifs is 1. The number of nitrogens with two attached hydrogens (primary N) is 1. The van der Waals surface area contributed by atoms with Gasteiger partial charge in [-0.1, -0.05) is 11.6 Å². The second kappa shape index (κ2) is 3.47. The van der Waals surface area contributed by atoms with Gasteiger partial charge in [-0.25, -0.2) is 4.79 Å². The summed E-state index contributed by atoms with van der Waals surface area (Å²) in [6.45, 7) is 0. The number of carboxylic acids is 1. The average molecular weight is 227 g/mol. The minimum atomic E-state index is -1.33. The predicted octanol–water partition coefficient (Wildman–Crippen LogP) is 1.31. The van der Waals surface area contributed by atoms with Crippen LogP contribution < -0.4 is 5.73 Å². The van der Waals surface area contributed by atoms with Crippen molar-refractivity contribution in [3.8, 4) is 0 Å². The largest absolute Gasteiger partial charge is 0.480 e. The first-order chi connectivity index (χ1) is 7.04. The summed E-state index contributed by atoms with van der Waals surface area (Å²) in [5, 5.41) is 9.56. The summed E-state index contributed by atoms with van der Waals surface area (Å²) in [6.07, 6.45) is 3.45. The van der Waals surface area contributed by atoms with Crippen molar-refractivity contribution in [3.63, 3.8) is 0 Å². The Kier molecular flexibility index (Phi) is 2.40. The molecule has 0 fully saturated rings. The van der Waals surface area contributed by atoms with Crippen molar-refractivity contribution >= 4 is 17.6 Å². The second-order valence-electron chi connectivity index (χ2n) is 3.78. The van der Waals surface area contributed by atoms with E-state index in [0.717, 1.165) is 18.5 Å². The number of hydrogen-bond donors (Lipinski definition) is 2. The molecule has 0 aliphatic heterocycles. The minimum Gasteiger partial charge on any atom is -0.480 e. The first-order valence-electron chi connectivity index (χ1n) is 4.71. The zero-order valence-corrected chi connectivity index (χ0v) is 8.79. The van der Waals surface area contributed by atoms with Gasteiger partial charge in [-0.15, -0.1) is 0 Å². The van der Waals surface area contributed by atoms with E-state index in [1.54, 1.807) is 6.07 Å². The van der Waals surface area contributed by atoms with Gasteiger partial charge in [-0.2, -0.15) is 0 Å². The Hall–Kier alpha value is -1.13. The minimum absolute atomic E-state index is 0.423. The Bertz CT molecular complexity index is 422. The summed E-state index contributed by atoms with van der Waals surface area (Å²) in [5.41, 5.74) is 5.85. The Morgan fingerprint density at radius 1 is 1.67 bits per heavy atom. The second-order valence-corrected chi connectivity index (χ2v) is 4.21. The maximum atomic E-state index is 11.2. The molecule has 0 saturated carbocycles. The van der Waals surface area contributed by atoms with E-state index < -0.39 is 11.5 Å². The van der Waals surface area contributed by atoms with Crippen LogP contribution in [0.15, 0.2) is 12.3 Å². The van der Waals surface area contributed by atoms with E-state index in [4.69, 9.17) is 22.4 Å². The molecule has 15 heavy (non-hydrogen) atoms. The first kappa shape index (κ1) is 10.4. The number of nitrogens with zero attached hydrogens (tertiary/aromatic N) is 1. The highest BCUT2D eigenvalue weighted by atomic mass is 35.5. The van der Waals surface area contributed by atoms with Gasteiger partial charge in [0.25, 0.3) is 0 Å². The van der Waals surface area contributed by atoms with E-state index in [9.17, 15) is 4.79 Å². The highest BCUT2D eigenvalue weighted by Crippen LogP contribution is 2.33. The zero-order valence-electron chi connectivity index (χ0n) is 8.03. The summed E-state index contributed by atoms with van der Waals surface area (Å²) in [7, 11) is 0. The lowest BCUT2D eigenvalue weighted by molar-refractivity contribution is -0.144. The third kappa shape index (κ3) is 1.60. The van der Waals surface area contributed by atoms with Crippen LogP contribution in [0.3, 0.4) is 0 Å². The van der Waals surface area contributed by atoms with Crippen LogP contribution in [0.2, 0.25) is 5.02 Å². The predicted molar refractivity (Wildman–Crippen MR) is 55.7 cm³/mol. The molecule has 1 aromatic heterocycles. The lowest BCUT2D eigenvalue weighted by Crippen LogP contribution is -2.47. The van der Waals surface area contributed by atoms with Gasteiger partial charge >= 0.3 is 5.97 Å². The van der Waals surface area contributed by atoms with Gasteiger partial charge in [-0.05, 0) is 25.3 Å². The van der Waals surface area contributed by atoms with Crippen molar-refractivity contribution in [1.82, 2.24) is 4.98 Å².